The summed E-state index contributed by atoms with van der Waals surface area (Å²) in [7, 11) is 0. The molecular formula is C19H23ClN2O2S. The highest BCUT2D eigenvalue weighted by atomic mass is 35.5. The van der Waals surface area contributed by atoms with Crippen molar-refractivity contribution in [1.82, 2.24) is 10.2 Å². The number of hydrogen-bond donors (Lipinski definition) is 1. The van der Waals surface area contributed by atoms with Gasteiger partial charge in [-0.1, -0.05) is 41.4 Å². The zero-order chi connectivity index (χ0) is 18.4. The molecular weight excluding hydrogens is 356 g/mol. The number of nitrogens with one attached hydrogen (secondary N) is 1. The first kappa shape index (κ1) is 19.5. The van der Waals surface area contributed by atoms with Crippen LogP contribution in [0.2, 0.25) is 4.34 Å². The molecule has 4 nitrogen and oxygen atoms in total. The molecule has 6 heteroatoms. The summed E-state index contributed by atoms with van der Waals surface area (Å²) in [6, 6.07) is 11.3. The van der Waals surface area contributed by atoms with Gasteiger partial charge in [-0.2, -0.15) is 0 Å². The molecule has 0 radical (unpaired) electrons. The fourth-order valence-corrected chi connectivity index (χ4v) is 3.70. The van der Waals surface area contributed by atoms with Crippen molar-refractivity contribution in [2.24, 2.45) is 0 Å². The van der Waals surface area contributed by atoms with Crippen LogP contribution in [-0.4, -0.2) is 23.3 Å². The first-order valence-electron chi connectivity index (χ1n) is 8.24. The highest BCUT2D eigenvalue weighted by Crippen LogP contribution is 2.24. The van der Waals surface area contributed by atoms with E-state index in [0.29, 0.717) is 17.4 Å². The van der Waals surface area contributed by atoms with Gasteiger partial charge in [0.15, 0.2) is 0 Å². The Balaban J connectivity index is 2.10. The maximum atomic E-state index is 12.8. The van der Waals surface area contributed by atoms with Crippen LogP contribution in [0.4, 0.5) is 0 Å². The molecule has 0 spiro atoms. The van der Waals surface area contributed by atoms with Crippen LogP contribution in [0.3, 0.4) is 0 Å². The van der Waals surface area contributed by atoms with Crippen LogP contribution in [0.25, 0.3) is 0 Å². The lowest BCUT2D eigenvalue weighted by molar-refractivity contribution is -0.132. The molecule has 0 aliphatic carbocycles. The number of carbonyl (C=O) groups excluding carboxylic acids is 2. The number of carbonyl (C=O) groups is 2. The Hall–Kier alpha value is -1.85. The Bertz CT molecular complexity index is 727. The zero-order valence-corrected chi connectivity index (χ0v) is 16.3. The summed E-state index contributed by atoms with van der Waals surface area (Å²) >= 11 is 7.45. The van der Waals surface area contributed by atoms with Crippen molar-refractivity contribution in [2.45, 2.75) is 39.8 Å². The largest absolute Gasteiger partial charge is 0.349 e. The Morgan fingerprint density at radius 3 is 2.40 bits per heavy atom. The summed E-state index contributed by atoms with van der Waals surface area (Å²) in [4.78, 5) is 27.2. The van der Waals surface area contributed by atoms with Gasteiger partial charge in [-0.25, -0.2) is 0 Å². The van der Waals surface area contributed by atoms with Gasteiger partial charge in [0.05, 0.1) is 23.3 Å². The summed E-state index contributed by atoms with van der Waals surface area (Å²) in [5.74, 6) is -0.141. The molecule has 0 aliphatic rings. The molecule has 0 saturated heterocycles. The molecule has 25 heavy (non-hydrogen) atoms. The second-order valence-electron chi connectivity index (χ2n) is 5.98. The van der Waals surface area contributed by atoms with Crippen LogP contribution < -0.4 is 5.32 Å². The molecule has 2 amide bonds. The third kappa shape index (κ3) is 5.87. The number of amides is 2. The van der Waals surface area contributed by atoms with Crippen molar-refractivity contribution in [3.05, 3.63) is 56.7 Å². The molecule has 0 bridgehead atoms. The van der Waals surface area contributed by atoms with E-state index in [4.69, 9.17) is 11.6 Å². The molecule has 0 fully saturated rings. The van der Waals surface area contributed by atoms with Crippen LogP contribution in [0, 0.1) is 6.92 Å². The fourth-order valence-electron chi connectivity index (χ4n) is 2.60. The standard InChI is InChI=1S/C19H23ClN2O2S/c1-4-22(12-16-9-10-18(20)25-16)19(24)11-17(21-14(3)23)15-7-5-13(2)6-8-15/h5-10,17H,4,11-12H2,1-3H3,(H,21,23). The van der Waals surface area contributed by atoms with Gasteiger partial charge in [0.2, 0.25) is 11.8 Å². The first-order chi connectivity index (χ1) is 11.9. The first-order valence-corrected chi connectivity index (χ1v) is 9.44. The smallest absolute Gasteiger partial charge is 0.225 e. The molecule has 1 N–H and O–H groups in total. The minimum atomic E-state index is -0.327. The lowest BCUT2D eigenvalue weighted by Crippen LogP contribution is -2.35. The quantitative estimate of drug-likeness (QED) is 0.779. The van der Waals surface area contributed by atoms with Gasteiger partial charge in [0.1, 0.15) is 0 Å². The van der Waals surface area contributed by atoms with Crippen LogP contribution >= 0.6 is 22.9 Å². The zero-order valence-electron chi connectivity index (χ0n) is 14.7. The number of thiophene rings is 1. The molecule has 1 aromatic carbocycles. The molecule has 1 aromatic heterocycles. The summed E-state index contributed by atoms with van der Waals surface area (Å²) in [5.41, 5.74) is 2.07. The second-order valence-corrected chi connectivity index (χ2v) is 7.78. The van der Waals surface area contributed by atoms with Gasteiger partial charge >= 0.3 is 0 Å². The predicted molar refractivity (Wildman–Crippen MR) is 103 cm³/mol. The minimum Gasteiger partial charge on any atom is -0.349 e. The molecule has 1 heterocycles. The lowest BCUT2D eigenvalue weighted by Gasteiger charge is -2.24. The highest BCUT2D eigenvalue weighted by Gasteiger charge is 2.21. The van der Waals surface area contributed by atoms with Crippen molar-refractivity contribution < 1.29 is 9.59 Å². The lowest BCUT2D eigenvalue weighted by atomic mass is 10.0. The summed E-state index contributed by atoms with van der Waals surface area (Å²) in [6.07, 6.45) is 0.232. The van der Waals surface area contributed by atoms with E-state index >= 15 is 0 Å². The number of nitrogens with zero attached hydrogens (tertiary/aromatic N) is 1. The number of halogens is 1. The molecule has 1 atom stereocenters. The minimum absolute atomic E-state index is 0.00588. The van der Waals surface area contributed by atoms with E-state index in [1.54, 1.807) is 4.90 Å². The molecule has 2 aromatic rings. The predicted octanol–water partition coefficient (Wildman–Crippen LogP) is 4.33. The van der Waals surface area contributed by atoms with Gasteiger partial charge < -0.3 is 10.2 Å². The van der Waals surface area contributed by atoms with E-state index in [9.17, 15) is 9.59 Å². The number of hydrogen-bond acceptors (Lipinski definition) is 3. The number of aryl methyl sites for hydroxylation is 1. The van der Waals surface area contributed by atoms with Crippen molar-refractivity contribution in [3.63, 3.8) is 0 Å². The molecule has 0 aliphatic heterocycles. The second kappa shape index (κ2) is 9.02. The SMILES string of the molecule is CCN(Cc1ccc(Cl)s1)C(=O)CC(NC(C)=O)c1ccc(C)cc1. The maximum Gasteiger partial charge on any atom is 0.225 e. The number of benzene rings is 1. The normalized spacial score (nSPS) is 11.8. The van der Waals surface area contributed by atoms with Gasteiger partial charge in [-0.3, -0.25) is 9.59 Å². The van der Waals surface area contributed by atoms with Crippen LogP contribution in [-0.2, 0) is 16.1 Å². The average molecular weight is 379 g/mol. The van der Waals surface area contributed by atoms with Gasteiger partial charge in [-0.15, -0.1) is 11.3 Å². The van der Waals surface area contributed by atoms with Gasteiger partial charge in [0, 0.05) is 18.3 Å². The van der Waals surface area contributed by atoms with E-state index in [-0.39, 0.29) is 24.3 Å². The van der Waals surface area contributed by atoms with E-state index in [0.717, 1.165) is 16.0 Å². The highest BCUT2D eigenvalue weighted by molar-refractivity contribution is 7.16. The van der Waals surface area contributed by atoms with Crippen molar-refractivity contribution in [3.8, 4) is 0 Å². The van der Waals surface area contributed by atoms with E-state index in [1.807, 2.05) is 50.2 Å². The summed E-state index contributed by atoms with van der Waals surface area (Å²) in [5, 5.41) is 2.89. The Labute approximate surface area is 157 Å². The van der Waals surface area contributed by atoms with Crippen molar-refractivity contribution >= 4 is 34.8 Å². The third-order valence-corrected chi connectivity index (χ3v) is 5.16. The monoisotopic (exact) mass is 378 g/mol. The van der Waals surface area contributed by atoms with E-state index in [1.165, 1.54) is 18.3 Å². The molecule has 2 rings (SSSR count). The van der Waals surface area contributed by atoms with Crippen molar-refractivity contribution in [1.29, 1.82) is 0 Å². The molecule has 134 valence electrons. The average Bonchev–Trinajstić information content (AvgIpc) is 2.97. The Kier molecular flexibility index (Phi) is 7.02. The maximum absolute atomic E-state index is 12.8. The van der Waals surface area contributed by atoms with Gasteiger partial charge in [-0.05, 0) is 31.5 Å². The van der Waals surface area contributed by atoms with E-state index < -0.39 is 0 Å². The molecule has 1 unspecified atom stereocenters. The van der Waals surface area contributed by atoms with Crippen LogP contribution in [0.5, 0.6) is 0 Å². The Morgan fingerprint density at radius 2 is 1.88 bits per heavy atom. The Morgan fingerprint density at radius 1 is 1.20 bits per heavy atom. The third-order valence-electron chi connectivity index (χ3n) is 3.95. The summed E-state index contributed by atoms with van der Waals surface area (Å²) < 4.78 is 0.717. The topological polar surface area (TPSA) is 49.4 Å². The van der Waals surface area contributed by atoms with Crippen LogP contribution in [0.1, 0.15) is 42.3 Å². The number of rotatable bonds is 7. The molecule has 0 saturated carbocycles. The van der Waals surface area contributed by atoms with Gasteiger partial charge in [0.25, 0.3) is 0 Å². The van der Waals surface area contributed by atoms with Crippen molar-refractivity contribution in [2.75, 3.05) is 6.54 Å². The summed E-state index contributed by atoms with van der Waals surface area (Å²) in [6.45, 7) is 6.57. The van der Waals surface area contributed by atoms with Crippen LogP contribution in [0.15, 0.2) is 36.4 Å². The van der Waals surface area contributed by atoms with E-state index in [2.05, 4.69) is 5.32 Å². The fraction of sp³-hybridized carbons (Fsp3) is 0.368.